The number of hydrogen-bond donors (Lipinski definition) is 2. The summed E-state index contributed by atoms with van der Waals surface area (Å²) in [5.41, 5.74) is 2.35. The van der Waals surface area contributed by atoms with Crippen molar-refractivity contribution in [2.75, 3.05) is 11.9 Å². The molecule has 2 amide bonds. The van der Waals surface area contributed by atoms with E-state index in [4.69, 9.17) is 0 Å². The van der Waals surface area contributed by atoms with E-state index in [-0.39, 0.29) is 18.0 Å². The van der Waals surface area contributed by atoms with Crippen LogP contribution in [0.4, 0.5) is 18.9 Å². The van der Waals surface area contributed by atoms with Crippen LogP contribution < -0.4 is 10.6 Å². The van der Waals surface area contributed by atoms with Gasteiger partial charge in [0.25, 0.3) is 5.91 Å². The number of carbonyl (C=O) groups is 2. The summed E-state index contributed by atoms with van der Waals surface area (Å²) < 4.78 is 37.6. The molecule has 0 bridgehead atoms. The van der Waals surface area contributed by atoms with E-state index in [0.29, 0.717) is 0 Å². The van der Waals surface area contributed by atoms with Crippen LogP contribution in [-0.4, -0.2) is 18.4 Å². The molecule has 142 valence electrons. The Kier molecular flexibility index (Phi) is 5.48. The molecule has 27 heavy (non-hydrogen) atoms. The lowest BCUT2D eigenvalue weighted by Crippen LogP contribution is -2.33. The molecule has 0 radical (unpaired) electrons. The summed E-state index contributed by atoms with van der Waals surface area (Å²) >= 11 is 0. The number of aryl methyl sites for hydroxylation is 1. The maximum atomic E-state index is 12.5. The van der Waals surface area contributed by atoms with Gasteiger partial charge in [-0.15, -0.1) is 0 Å². The van der Waals surface area contributed by atoms with E-state index in [1.807, 2.05) is 12.1 Å². The Bertz CT molecular complexity index is 845. The van der Waals surface area contributed by atoms with Crippen LogP contribution in [0.2, 0.25) is 0 Å². The van der Waals surface area contributed by atoms with Crippen LogP contribution in [0.1, 0.15) is 39.9 Å². The van der Waals surface area contributed by atoms with Crippen LogP contribution in [-0.2, 0) is 23.8 Å². The predicted octanol–water partition coefficient (Wildman–Crippen LogP) is 3.95. The van der Waals surface area contributed by atoms with Gasteiger partial charge in [-0.05, 0) is 67.1 Å². The number of fused-ring (bicyclic) bond motifs is 1. The van der Waals surface area contributed by atoms with E-state index in [1.54, 1.807) is 0 Å². The minimum absolute atomic E-state index is 0.0629. The summed E-state index contributed by atoms with van der Waals surface area (Å²) in [5.74, 6) is -0.983. The molecule has 0 heterocycles. The zero-order valence-electron chi connectivity index (χ0n) is 14.5. The second kappa shape index (κ2) is 7.82. The fourth-order valence-corrected chi connectivity index (χ4v) is 3.17. The van der Waals surface area contributed by atoms with Gasteiger partial charge in [0.1, 0.15) is 0 Å². The van der Waals surface area contributed by atoms with Gasteiger partial charge < -0.3 is 10.6 Å². The van der Waals surface area contributed by atoms with Gasteiger partial charge >= 0.3 is 6.18 Å². The molecule has 0 aliphatic heterocycles. The maximum absolute atomic E-state index is 12.5. The number of benzene rings is 2. The molecule has 0 spiro atoms. The number of nitrogens with one attached hydrogen (secondary N) is 2. The van der Waals surface area contributed by atoms with Gasteiger partial charge in [0, 0.05) is 11.3 Å². The number of amides is 2. The third-order valence-corrected chi connectivity index (χ3v) is 4.55. The van der Waals surface area contributed by atoms with E-state index in [1.165, 1.54) is 5.56 Å². The monoisotopic (exact) mass is 376 g/mol. The van der Waals surface area contributed by atoms with Crippen molar-refractivity contribution in [1.29, 1.82) is 0 Å². The second-order valence-electron chi connectivity index (χ2n) is 6.46. The number of hydrogen-bond acceptors (Lipinski definition) is 2. The maximum Gasteiger partial charge on any atom is 0.416 e. The molecule has 0 fully saturated rings. The summed E-state index contributed by atoms with van der Waals surface area (Å²) in [6.45, 7) is -0.260. The lowest BCUT2D eigenvalue weighted by Gasteiger charge is -2.19. The molecule has 3 rings (SSSR count). The SMILES string of the molecule is O=C(CNC(=O)c1ccc(C(F)(F)F)cc1)Nc1cccc2c1CCCC2. The van der Waals surface area contributed by atoms with Crippen LogP contribution in [0, 0.1) is 0 Å². The van der Waals surface area contributed by atoms with Crippen molar-refractivity contribution in [1.82, 2.24) is 5.32 Å². The quantitative estimate of drug-likeness (QED) is 0.849. The molecule has 2 aromatic carbocycles. The van der Waals surface area contributed by atoms with Gasteiger partial charge in [0.05, 0.1) is 12.1 Å². The van der Waals surface area contributed by atoms with E-state index in [2.05, 4.69) is 16.7 Å². The first kappa shape index (κ1) is 18.9. The van der Waals surface area contributed by atoms with Crippen molar-refractivity contribution in [3.05, 3.63) is 64.7 Å². The number of alkyl halides is 3. The summed E-state index contributed by atoms with van der Waals surface area (Å²) in [6.07, 6.45) is -0.352. The van der Waals surface area contributed by atoms with Crippen LogP contribution in [0.3, 0.4) is 0 Å². The lowest BCUT2D eigenvalue weighted by atomic mass is 9.90. The molecule has 0 saturated heterocycles. The van der Waals surface area contributed by atoms with Gasteiger partial charge in [-0.1, -0.05) is 12.1 Å². The molecule has 1 aliphatic carbocycles. The number of rotatable bonds is 4. The Morgan fingerprint density at radius 2 is 1.67 bits per heavy atom. The second-order valence-corrected chi connectivity index (χ2v) is 6.46. The third-order valence-electron chi connectivity index (χ3n) is 4.55. The molecule has 0 saturated carbocycles. The van der Waals surface area contributed by atoms with Gasteiger partial charge in [-0.25, -0.2) is 0 Å². The summed E-state index contributed by atoms with van der Waals surface area (Å²) in [7, 11) is 0. The molecular weight excluding hydrogens is 357 g/mol. The smallest absolute Gasteiger partial charge is 0.343 e. The van der Waals surface area contributed by atoms with Crippen molar-refractivity contribution < 1.29 is 22.8 Å². The fourth-order valence-electron chi connectivity index (χ4n) is 3.17. The van der Waals surface area contributed by atoms with Crippen LogP contribution in [0.5, 0.6) is 0 Å². The van der Waals surface area contributed by atoms with Gasteiger partial charge in [-0.3, -0.25) is 9.59 Å². The summed E-state index contributed by atoms with van der Waals surface area (Å²) in [6, 6.07) is 9.63. The molecule has 7 heteroatoms. The van der Waals surface area contributed by atoms with E-state index >= 15 is 0 Å². The first-order chi connectivity index (χ1) is 12.8. The molecular formula is C20H19F3N2O2. The number of halogens is 3. The third kappa shape index (κ3) is 4.67. The first-order valence-electron chi connectivity index (χ1n) is 8.70. The van der Waals surface area contributed by atoms with Crippen molar-refractivity contribution in [3.8, 4) is 0 Å². The van der Waals surface area contributed by atoms with Crippen molar-refractivity contribution in [2.24, 2.45) is 0 Å². The predicted molar refractivity (Wildman–Crippen MR) is 95.5 cm³/mol. The molecule has 0 atom stereocenters. The molecule has 2 aromatic rings. The van der Waals surface area contributed by atoms with Crippen molar-refractivity contribution in [2.45, 2.75) is 31.9 Å². The summed E-state index contributed by atoms with van der Waals surface area (Å²) in [5, 5.41) is 5.23. The largest absolute Gasteiger partial charge is 0.416 e. The van der Waals surface area contributed by atoms with E-state index in [9.17, 15) is 22.8 Å². The number of anilines is 1. The van der Waals surface area contributed by atoms with Crippen molar-refractivity contribution in [3.63, 3.8) is 0 Å². The highest BCUT2D eigenvalue weighted by Crippen LogP contribution is 2.29. The zero-order valence-corrected chi connectivity index (χ0v) is 14.5. The van der Waals surface area contributed by atoms with Crippen LogP contribution in [0.25, 0.3) is 0 Å². The highest BCUT2D eigenvalue weighted by molar-refractivity contribution is 5.99. The van der Waals surface area contributed by atoms with Crippen LogP contribution >= 0.6 is 0 Å². The van der Waals surface area contributed by atoms with Gasteiger partial charge in [-0.2, -0.15) is 13.2 Å². The highest BCUT2D eigenvalue weighted by Gasteiger charge is 2.30. The minimum atomic E-state index is -4.45. The molecule has 0 unspecified atom stereocenters. The van der Waals surface area contributed by atoms with Crippen molar-refractivity contribution >= 4 is 17.5 Å². The lowest BCUT2D eigenvalue weighted by molar-refractivity contribution is -0.137. The average molecular weight is 376 g/mol. The molecule has 2 N–H and O–H groups in total. The molecule has 1 aliphatic rings. The Balaban J connectivity index is 1.57. The fraction of sp³-hybridized carbons (Fsp3) is 0.300. The first-order valence-corrected chi connectivity index (χ1v) is 8.70. The average Bonchev–Trinajstić information content (AvgIpc) is 2.66. The normalized spacial score (nSPS) is 13.6. The number of carbonyl (C=O) groups excluding carboxylic acids is 2. The Hall–Kier alpha value is -2.83. The minimum Gasteiger partial charge on any atom is -0.343 e. The summed E-state index contributed by atoms with van der Waals surface area (Å²) in [4.78, 5) is 24.2. The van der Waals surface area contributed by atoms with Gasteiger partial charge in [0.15, 0.2) is 0 Å². The molecule has 0 aromatic heterocycles. The van der Waals surface area contributed by atoms with E-state index < -0.39 is 17.6 Å². The van der Waals surface area contributed by atoms with E-state index in [0.717, 1.165) is 61.2 Å². The highest BCUT2D eigenvalue weighted by atomic mass is 19.4. The van der Waals surface area contributed by atoms with Gasteiger partial charge in [0.2, 0.25) is 5.91 Å². The Labute approximate surface area is 154 Å². The Morgan fingerprint density at radius 1 is 0.963 bits per heavy atom. The Morgan fingerprint density at radius 3 is 2.37 bits per heavy atom. The molecule has 4 nitrogen and oxygen atoms in total. The standard InChI is InChI=1S/C20H19F3N2O2/c21-20(22,23)15-10-8-14(9-11-15)19(27)24-12-18(26)25-17-7-3-5-13-4-1-2-6-16(13)17/h3,5,7-11H,1-2,4,6,12H2,(H,24,27)(H,25,26). The van der Waals surface area contributed by atoms with Crippen LogP contribution in [0.15, 0.2) is 42.5 Å². The topological polar surface area (TPSA) is 58.2 Å². The zero-order chi connectivity index (χ0) is 19.4.